The van der Waals surface area contributed by atoms with E-state index in [1.54, 1.807) is 0 Å². The topological polar surface area (TPSA) is 93.9 Å². The molecule has 6 nitrogen and oxygen atoms in total. The van der Waals surface area contributed by atoms with Gasteiger partial charge in [-0.1, -0.05) is 13.8 Å². The highest BCUT2D eigenvalue weighted by molar-refractivity contribution is 5.85. The molecule has 2 heterocycles. The van der Waals surface area contributed by atoms with Crippen molar-refractivity contribution in [2.75, 3.05) is 6.61 Å². The summed E-state index contributed by atoms with van der Waals surface area (Å²) in [5.41, 5.74) is 6.85. The molecule has 0 aliphatic heterocycles. The Kier molecular flexibility index (Phi) is 3.99. The fourth-order valence-electron chi connectivity index (χ4n) is 1.81. The van der Waals surface area contributed by atoms with Gasteiger partial charge in [-0.15, -0.1) is 0 Å². The molecule has 0 unspecified atom stereocenters. The number of amides is 1. The van der Waals surface area contributed by atoms with E-state index < -0.39 is 0 Å². The number of rotatable bonds is 6. The second-order valence-corrected chi connectivity index (χ2v) is 4.89. The number of H-pyrrole nitrogens is 1. The molecular formula is C13H18N4O2. The molecule has 6 heteroatoms. The minimum atomic E-state index is -0.323. The van der Waals surface area contributed by atoms with E-state index in [1.165, 1.54) is 6.33 Å². The number of aromatic nitrogens is 3. The molecule has 0 saturated carbocycles. The number of hydrogen-bond acceptors (Lipinski definition) is 4. The first-order valence-electron chi connectivity index (χ1n) is 6.30. The third-order valence-electron chi connectivity index (χ3n) is 2.71. The molecular weight excluding hydrogens is 244 g/mol. The summed E-state index contributed by atoms with van der Waals surface area (Å²) in [6.45, 7) is 4.74. The number of hydrogen-bond donors (Lipinski definition) is 2. The molecule has 1 amide bonds. The van der Waals surface area contributed by atoms with Crippen LogP contribution in [0.1, 0.15) is 25.8 Å². The number of nitrogens with one attached hydrogen (secondary N) is 1. The maximum absolute atomic E-state index is 10.9. The molecule has 0 fully saturated rings. The highest BCUT2D eigenvalue weighted by Crippen LogP contribution is 2.26. The van der Waals surface area contributed by atoms with Gasteiger partial charge in [0.05, 0.1) is 12.0 Å². The number of nitrogens with zero attached hydrogens (tertiary/aromatic N) is 2. The minimum absolute atomic E-state index is 0.297. The van der Waals surface area contributed by atoms with Gasteiger partial charge in [0.2, 0.25) is 11.8 Å². The van der Waals surface area contributed by atoms with E-state index in [-0.39, 0.29) is 5.91 Å². The molecule has 0 aromatic carbocycles. The van der Waals surface area contributed by atoms with Crippen LogP contribution >= 0.6 is 0 Å². The van der Waals surface area contributed by atoms with E-state index in [9.17, 15) is 4.79 Å². The van der Waals surface area contributed by atoms with Crippen LogP contribution in [0.4, 0.5) is 0 Å². The van der Waals surface area contributed by atoms with Gasteiger partial charge in [0.1, 0.15) is 12.0 Å². The van der Waals surface area contributed by atoms with E-state index in [1.807, 2.05) is 6.20 Å². The zero-order valence-corrected chi connectivity index (χ0v) is 11.1. The van der Waals surface area contributed by atoms with Gasteiger partial charge in [0.25, 0.3) is 0 Å². The quantitative estimate of drug-likeness (QED) is 0.823. The van der Waals surface area contributed by atoms with Crippen molar-refractivity contribution in [1.82, 2.24) is 15.0 Å². The SMILES string of the molecule is CC(C)COc1ncnc2[nH]cc(CCC(N)=O)c12. The maximum Gasteiger partial charge on any atom is 0.226 e. The first-order valence-corrected chi connectivity index (χ1v) is 6.30. The van der Waals surface area contributed by atoms with Crippen molar-refractivity contribution in [3.05, 3.63) is 18.1 Å². The fraction of sp³-hybridized carbons (Fsp3) is 0.462. The summed E-state index contributed by atoms with van der Waals surface area (Å²) >= 11 is 0. The van der Waals surface area contributed by atoms with E-state index in [0.29, 0.717) is 36.9 Å². The Morgan fingerprint density at radius 1 is 1.47 bits per heavy atom. The van der Waals surface area contributed by atoms with Crippen LogP contribution in [-0.2, 0) is 11.2 Å². The number of nitrogens with two attached hydrogens (primary N) is 1. The summed E-state index contributed by atoms with van der Waals surface area (Å²) in [4.78, 5) is 22.3. The first kappa shape index (κ1) is 13.3. The average Bonchev–Trinajstić information content (AvgIpc) is 2.77. The van der Waals surface area contributed by atoms with E-state index in [2.05, 4.69) is 28.8 Å². The lowest BCUT2D eigenvalue weighted by atomic mass is 10.1. The molecule has 2 rings (SSSR count). The number of ether oxygens (including phenoxy) is 1. The summed E-state index contributed by atoms with van der Waals surface area (Å²) < 4.78 is 5.70. The number of aryl methyl sites for hydroxylation is 1. The highest BCUT2D eigenvalue weighted by atomic mass is 16.5. The Labute approximate surface area is 111 Å². The van der Waals surface area contributed by atoms with Crippen LogP contribution < -0.4 is 10.5 Å². The summed E-state index contributed by atoms with van der Waals surface area (Å²) in [5, 5.41) is 0.837. The van der Waals surface area contributed by atoms with Crippen LogP contribution in [0.25, 0.3) is 11.0 Å². The minimum Gasteiger partial charge on any atom is -0.477 e. The van der Waals surface area contributed by atoms with Crippen LogP contribution in [0.15, 0.2) is 12.5 Å². The number of carbonyl (C=O) groups is 1. The predicted octanol–water partition coefficient (Wildman–Crippen LogP) is 1.41. The van der Waals surface area contributed by atoms with E-state index in [0.717, 1.165) is 10.9 Å². The molecule has 102 valence electrons. The fourth-order valence-corrected chi connectivity index (χ4v) is 1.81. The molecule has 3 N–H and O–H groups in total. The van der Waals surface area contributed by atoms with Gasteiger partial charge in [0, 0.05) is 12.6 Å². The van der Waals surface area contributed by atoms with Crippen molar-refractivity contribution in [2.24, 2.45) is 11.7 Å². The van der Waals surface area contributed by atoms with Crippen molar-refractivity contribution >= 4 is 16.9 Å². The highest BCUT2D eigenvalue weighted by Gasteiger charge is 2.13. The Morgan fingerprint density at radius 3 is 2.95 bits per heavy atom. The largest absolute Gasteiger partial charge is 0.477 e. The molecule has 0 bridgehead atoms. The van der Waals surface area contributed by atoms with Crippen LogP contribution in [-0.4, -0.2) is 27.5 Å². The molecule has 0 atom stereocenters. The summed E-state index contributed by atoms with van der Waals surface area (Å²) in [5.74, 6) is 0.647. The van der Waals surface area contributed by atoms with Crippen molar-refractivity contribution in [1.29, 1.82) is 0 Å². The number of carbonyl (C=O) groups excluding carboxylic acids is 1. The molecule has 0 spiro atoms. The Bertz CT molecular complexity index is 577. The molecule has 0 aliphatic rings. The number of primary amides is 1. The summed E-state index contributed by atoms with van der Waals surface area (Å²) in [6, 6.07) is 0. The average molecular weight is 262 g/mol. The van der Waals surface area contributed by atoms with Crippen LogP contribution in [0.3, 0.4) is 0 Å². The van der Waals surface area contributed by atoms with Gasteiger partial charge in [-0.05, 0) is 17.9 Å². The Hall–Kier alpha value is -2.11. The Morgan fingerprint density at radius 2 is 2.26 bits per heavy atom. The lowest BCUT2D eigenvalue weighted by Crippen LogP contribution is -2.11. The van der Waals surface area contributed by atoms with E-state index in [4.69, 9.17) is 10.5 Å². The van der Waals surface area contributed by atoms with Gasteiger partial charge in [-0.25, -0.2) is 9.97 Å². The third-order valence-corrected chi connectivity index (χ3v) is 2.71. The van der Waals surface area contributed by atoms with Crippen molar-refractivity contribution < 1.29 is 9.53 Å². The zero-order chi connectivity index (χ0) is 13.8. The Balaban J connectivity index is 2.29. The molecule has 19 heavy (non-hydrogen) atoms. The second kappa shape index (κ2) is 5.69. The summed E-state index contributed by atoms with van der Waals surface area (Å²) in [7, 11) is 0. The zero-order valence-electron chi connectivity index (χ0n) is 11.1. The number of fused-ring (bicyclic) bond motifs is 1. The maximum atomic E-state index is 10.9. The third kappa shape index (κ3) is 3.21. The molecule has 0 saturated heterocycles. The molecule has 2 aromatic heterocycles. The lowest BCUT2D eigenvalue weighted by Gasteiger charge is -2.09. The standard InChI is InChI=1S/C13H18N4O2/c1-8(2)6-19-13-11-9(3-4-10(14)18)5-15-12(11)16-7-17-13/h5,7-8H,3-4,6H2,1-2H3,(H2,14,18)(H,15,16,17). The molecule has 0 radical (unpaired) electrons. The normalized spacial score (nSPS) is 11.1. The van der Waals surface area contributed by atoms with Crippen molar-refractivity contribution in [3.8, 4) is 5.88 Å². The van der Waals surface area contributed by atoms with Gasteiger partial charge in [-0.2, -0.15) is 0 Å². The van der Waals surface area contributed by atoms with Gasteiger partial charge in [0.15, 0.2) is 0 Å². The smallest absolute Gasteiger partial charge is 0.226 e. The van der Waals surface area contributed by atoms with Gasteiger partial charge in [-0.3, -0.25) is 4.79 Å². The molecule has 0 aliphatic carbocycles. The number of aromatic amines is 1. The first-order chi connectivity index (χ1) is 9.08. The summed E-state index contributed by atoms with van der Waals surface area (Å²) in [6.07, 6.45) is 4.14. The lowest BCUT2D eigenvalue weighted by molar-refractivity contribution is -0.117. The monoisotopic (exact) mass is 262 g/mol. The van der Waals surface area contributed by atoms with Crippen LogP contribution in [0.2, 0.25) is 0 Å². The van der Waals surface area contributed by atoms with Gasteiger partial charge >= 0.3 is 0 Å². The van der Waals surface area contributed by atoms with Crippen LogP contribution in [0.5, 0.6) is 5.88 Å². The molecule has 2 aromatic rings. The van der Waals surface area contributed by atoms with Crippen LogP contribution in [0, 0.1) is 5.92 Å². The van der Waals surface area contributed by atoms with Crippen molar-refractivity contribution in [2.45, 2.75) is 26.7 Å². The predicted molar refractivity (Wildman–Crippen MR) is 71.7 cm³/mol. The van der Waals surface area contributed by atoms with Crippen molar-refractivity contribution in [3.63, 3.8) is 0 Å². The second-order valence-electron chi connectivity index (χ2n) is 4.89. The van der Waals surface area contributed by atoms with E-state index >= 15 is 0 Å². The van der Waals surface area contributed by atoms with Gasteiger partial charge < -0.3 is 15.5 Å².